The molecule has 0 saturated heterocycles. The van der Waals surface area contributed by atoms with Gasteiger partial charge in [0.25, 0.3) is 0 Å². The van der Waals surface area contributed by atoms with Crippen molar-refractivity contribution in [3.63, 3.8) is 0 Å². The third-order valence-electron chi connectivity index (χ3n) is 1.50. The van der Waals surface area contributed by atoms with Crippen molar-refractivity contribution in [1.82, 2.24) is 0 Å². The Balaban J connectivity index is 3.29. The summed E-state index contributed by atoms with van der Waals surface area (Å²) in [7, 11) is 1.65. The van der Waals surface area contributed by atoms with Crippen LogP contribution >= 0.6 is 34.2 Å². The van der Waals surface area contributed by atoms with Crippen molar-refractivity contribution in [2.45, 2.75) is 6.92 Å². The summed E-state index contributed by atoms with van der Waals surface area (Å²) < 4.78 is 6.25. The Hall–Kier alpha value is 0.0400. The lowest BCUT2D eigenvalue weighted by molar-refractivity contribution is 0.408. The van der Waals surface area contributed by atoms with Crippen LogP contribution < -0.4 is 4.74 Å². The van der Waals surface area contributed by atoms with E-state index in [9.17, 15) is 0 Å². The highest BCUT2D eigenvalue weighted by Crippen LogP contribution is 2.30. The van der Waals surface area contributed by atoms with E-state index in [4.69, 9.17) is 16.3 Å². The maximum absolute atomic E-state index is 5.88. The first-order valence-corrected chi connectivity index (χ1v) is 4.61. The highest BCUT2D eigenvalue weighted by molar-refractivity contribution is 14.1. The Bertz CT molecular complexity index is 273. The van der Waals surface area contributed by atoms with E-state index in [1.807, 2.05) is 19.1 Å². The monoisotopic (exact) mass is 282 g/mol. The standard InChI is InChI=1S/C8H8ClIO/c1-5-6(9)3-4-7(10)8(5)11-2/h3-4H,1-2H3. The molecule has 0 aliphatic rings. The van der Waals surface area contributed by atoms with E-state index < -0.39 is 0 Å². The molecule has 3 heteroatoms. The summed E-state index contributed by atoms with van der Waals surface area (Å²) in [5.74, 6) is 0.873. The molecule has 0 fully saturated rings. The van der Waals surface area contributed by atoms with Crippen molar-refractivity contribution in [1.29, 1.82) is 0 Å². The quantitative estimate of drug-likeness (QED) is 0.718. The van der Waals surface area contributed by atoms with Crippen LogP contribution in [-0.2, 0) is 0 Å². The van der Waals surface area contributed by atoms with Gasteiger partial charge < -0.3 is 4.74 Å². The van der Waals surface area contributed by atoms with Gasteiger partial charge in [-0.25, -0.2) is 0 Å². The number of hydrogen-bond acceptors (Lipinski definition) is 1. The van der Waals surface area contributed by atoms with Crippen molar-refractivity contribution in [2.75, 3.05) is 7.11 Å². The van der Waals surface area contributed by atoms with E-state index >= 15 is 0 Å². The summed E-state index contributed by atoms with van der Waals surface area (Å²) in [6.45, 7) is 1.95. The Morgan fingerprint density at radius 1 is 1.45 bits per heavy atom. The fourth-order valence-corrected chi connectivity index (χ4v) is 1.84. The van der Waals surface area contributed by atoms with Crippen LogP contribution in [0.5, 0.6) is 5.75 Å². The molecule has 0 aromatic heterocycles. The molecule has 1 rings (SSSR count). The SMILES string of the molecule is COc1c(I)ccc(Cl)c1C. The maximum atomic E-state index is 5.88. The largest absolute Gasteiger partial charge is 0.495 e. The first-order chi connectivity index (χ1) is 5.16. The zero-order valence-electron chi connectivity index (χ0n) is 6.32. The van der Waals surface area contributed by atoms with Crippen LogP contribution in [0.3, 0.4) is 0 Å². The van der Waals surface area contributed by atoms with Gasteiger partial charge in [0.1, 0.15) is 5.75 Å². The molecule has 11 heavy (non-hydrogen) atoms. The zero-order chi connectivity index (χ0) is 8.43. The van der Waals surface area contributed by atoms with Crippen LogP contribution in [0.15, 0.2) is 12.1 Å². The number of ether oxygens (including phenoxy) is 1. The van der Waals surface area contributed by atoms with Crippen molar-refractivity contribution < 1.29 is 4.74 Å². The number of methoxy groups -OCH3 is 1. The second kappa shape index (κ2) is 3.63. The average molecular weight is 283 g/mol. The molecule has 0 heterocycles. The van der Waals surface area contributed by atoms with Gasteiger partial charge >= 0.3 is 0 Å². The van der Waals surface area contributed by atoms with E-state index in [-0.39, 0.29) is 0 Å². The second-order valence-electron chi connectivity index (χ2n) is 2.19. The Morgan fingerprint density at radius 3 is 2.55 bits per heavy atom. The molecule has 0 radical (unpaired) electrons. The van der Waals surface area contributed by atoms with Crippen LogP contribution in [0.25, 0.3) is 0 Å². The number of hydrogen-bond donors (Lipinski definition) is 0. The van der Waals surface area contributed by atoms with Crippen LogP contribution in [0.2, 0.25) is 5.02 Å². The molecule has 1 aromatic carbocycles. The molecular weight excluding hydrogens is 274 g/mol. The van der Waals surface area contributed by atoms with Crippen molar-refractivity contribution in [2.24, 2.45) is 0 Å². The van der Waals surface area contributed by atoms with Crippen LogP contribution in [0.4, 0.5) is 0 Å². The van der Waals surface area contributed by atoms with Gasteiger partial charge in [-0.2, -0.15) is 0 Å². The van der Waals surface area contributed by atoms with Gasteiger partial charge in [0.15, 0.2) is 0 Å². The van der Waals surface area contributed by atoms with Gasteiger partial charge in [-0.3, -0.25) is 0 Å². The van der Waals surface area contributed by atoms with E-state index in [1.165, 1.54) is 0 Å². The molecule has 0 bridgehead atoms. The Labute approximate surface area is 84.8 Å². The van der Waals surface area contributed by atoms with Crippen molar-refractivity contribution in [3.8, 4) is 5.75 Å². The minimum absolute atomic E-state index is 0.752. The maximum Gasteiger partial charge on any atom is 0.136 e. The molecule has 0 spiro atoms. The van der Waals surface area contributed by atoms with Crippen LogP contribution in [-0.4, -0.2) is 7.11 Å². The van der Waals surface area contributed by atoms with E-state index in [1.54, 1.807) is 7.11 Å². The number of rotatable bonds is 1. The van der Waals surface area contributed by atoms with Gasteiger partial charge in [-0.1, -0.05) is 11.6 Å². The highest BCUT2D eigenvalue weighted by Gasteiger charge is 2.05. The highest BCUT2D eigenvalue weighted by atomic mass is 127. The van der Waals surface area contributed by atoms with Gasteiger partial charge in [0.2, 0.25) is 0 Å². The second-order valence-corrected chi connectivity index (χ2v) is 3.76. The predicted molar refractivity (Wildman–Crippen MR) is 55.5 cm³/mol. The van der Waals surface area contributed by atoms with Gasteiger partial charge in [0.05, 0.1) is 10.7 Å². The summed E-state index contributed by atoms with van der Waals surface area (Å²) in [5.41, 5.74) is 1.00. The Kier molecular flexibility index (Phi) is 3.01. The molecule has 0 saturated carbocycles. The molecule has 0 aliphatic carbocycles. The third kappa shape index (κ3) is 1.79. The zero-order valence-corrected chi connectivity index (χ0v) is 9.23. The topological polar surface area (TPSA) is 9.23 Å². The van der Waals surface area contributed by atoms with Crippen molar-refractivity contribution in [3.05, 3.63) is 26.3 Å². The molecule has 0 atom stereocenters. The summed E-state index contributed by atoms with van der Waals surface area (Å²) in [6.07, 6.45) is 0. The lowest BCUT2D eigenvalue weighted by atomic mass is 10.2. The smallest absolute Gasteiger partial charge is 0.136 e. The summed E-state index contributed by atoms with van der Waals surface area (Å²) >= 11 is 8.10. The van der Waals surface area contributed by atoms with Gasteiger partial charge in [0, 0.05) is 10.6 Å². The van der Waals surface area contributed by atoms with Gasteiger partial charge in [-0.15, -0.1) is 0 Å². The fraction of sp³-hybridized carbons (Fsp3) is 0.250. The van der Waals surface area contributed by atoms with Gasteiger partial charge in [-0.05, 0) is 41.6 Å². The molecule has 1 aromatic rings. The molecule has 60 valence electrons. The van der Waals surface area contributed by atoms with Crippen LogP contribution in [0, 0.1) is 10.5 Å². The molecular formula is C8H8ClIO. The first-order valence-electron chi connectivity index (χ1n) is 3.15. The molecule has 0 aliphatic heterocycles. The molecule has 0 N–H and O–H groups in total. The molecule has 1 nitrogen and oxygen atoms in total. The minimum Gasteiger partial charge on any atom is -0.495 e. The lowest BCUT2D eigenvalue weighted by Crippen LogP contribution is -1.90. The summed E-state index contributed by atoms with van der Waals surface area (Å²) in [5, 5.41) is 0.752. The number of benzene rings is 1. The third-order valence-corrected chi connectivity index (χ3v) is 2.75. The predicted octanol–water partition coefficient (Wildman–Crippen LogP) is 3.26. The van der Waals surface area contributed by atoms with Crippen LogP contribution in [0.1, 0.15) is 5.56 Å². The van der Waals surface area contributed by atoms with E-state index in [0.29, 0.717) is 0 Å². The lowest BCUT2D eigenvalue weighted by Gasteiger charge is -2.07. The number of halogens is 2. The summed E-state index contributed by atoms with van der Waals surface area (Å²) in [6, 6.07) is 3.82. The Morgan fingerprint density at radius 2 is 2.09 bits per heavy atom. The minimum atomic E-state index is 0.752. The fourth-order valence-electron chi connectivity index (χ4n) is 0.885. The normalized spacial score (nSPS) is 9.82. The van der Waals surface area contributed by atoms with Crippen molar-refractivity contribution >= 4 is 34.2 Å². The summed E-state index contributed by atoms with van der Waals surface area (Å²) in [4.78, 5) is 0. The average Bonchev–Trinajstić information content (AvgIpc) is 1.99. The molecule has 0 amide bonds. The van der Waals surface area contributed by atoms with E-state index in [2.05, 4.69) is 22.6 Å². The van der Waals surface area contributed by atoms with E-state index in [0.717, 1.165) is 19.9 Å². The first kappa shape index (κ1) is 9.13. The molecule has 0 unspecified atom stereocenters.